The number of rotatable bonds is 1. The van der Waals surface area contributed by atoms with Gasteiger partial charge in [0.15, 0.2) is 11.7 Å². The summed E-state index contributed by atoms with van der Waals surface area (Å²) in [5.74, 6) is -0.239. The Bertz CT molecular complexity index is 803. The van der Waals surface area contributed by atoms with Crippen LogP contribution in [0, 0.1) is 0 Å². The minimum absolute atomic E-state index is 0.0157. The van der Waals surface area contributed by atoms with Gasteiger partial charge in [-0.15, -0.1) is 0 Å². The summed E-state index contributed by atoms with van der Waals surface area (Å²) >= 11 is 0. The number of carbonyl (C=O) groups is 1. The first-order valence-electron chi connectivity index (χ1n) is 6.28. The Balaban J connectivity index is 2.06. The van der Waals surface area contributed by atoms with Gasteiger partial charge in [0.05, 0.1) is 5.69 Å². The maximum absolute atomic E-state index is 12.4. The number of nitrogens with two attached hydrogens (primary N) is 3. The van der Waals surface area contributed by atoms with Crippen LogP contribution in [-0.2, 0) is 0 Å². The average Bonchev–Trinajstić information content (AvgIpc) is 2.72. The maximum Gasteiger partial charge on any atom is 0.223 e. The zero-order valence-electron chi connectivity index (χ0n) is 11.1. The molecule has 0 aliphatic heterocycles. The molecule has 1 aliphatic rings. The van der Waals surface area contributed by atoms with Gasteiger partial charge in [0.2, 0.25) is 5.96 Å². The number of guanidine groups is 2. The second-order valence-corrected chi connectivity index (χ2v) is 4.61. The molecule has 0 spiro atoms. The number of carbonyl (C=O) groups excluding carboxylic acids is 1. The highest BCUT2D eigenvalue weighted by atomic mass is 16.1. The molecule has 1 aliphatic carbocycles. The Hall–Kier alpha value is -3.15. The summed E-state index contributed by atoms with van der Waals surface area (Å²) in [5.41, 5.74) is 19.7. The van der Waals surface area contributed by atoms with Crippen LogP contribution in [0.2, 0.25) is 0 Å². The first-order chi connectivity index (χ1) is 10.1. The van der Waals surface area contributed by atoms with Crippen molar-refractivity contribution in [3.8, 4) is 11.1 Å². The Labute approximate surface area is 121 Å². The predicted molar refractivity (Wildman–Crippen MR) is 82.4 cm³/mol. The number of hydrogen-bond acceptors (Lipinski definition) is 2. The van der Waals surface area contributed by atoms with Gasteiger partial charge in [0, 0.05) is 11.1 Å². The number of nitrogens with zero attached hydrogens (tertiary/aromatic N) is 2. The Morgan fingerprint density at radius 2 is 1.52 bits per heavy atom. The van der Waals surface area contributed by atoms with Crippen LogP contribution >= 0.6 is 0 Å². The van der Waals surface area contributed by atoms with Crippen molar-refractivity contribution in [2.75, 3.05) is 0 Å². The van der Waals surface area contributed by atoms with E-state index in [1.54, 1.807) is 12.1 Å². The molecule has 0 saturated heterocycles. The fourth-order valence-corrected chi connectivity index (χ4v) is 2.38. The monoisotopic (exact) mass is 279 g/mol. The molecule has 104 valence electrons. The SMILES string of the molecule is NC(N)=NC(N)=Nc1ccc2c(c1)C(=O)c1ccccc1-2. The molecule has 2 aromatic carbocycles. The van der Waals surface area contributed by atoms with E-state index in [9.17, 15) is 4.79 Å². The molecule has 0 heterocycles. The van der Waals surface area contributed by atoms with Gasteiger partial charge in [-0.2, -0.15) is 4.99 Å². The zero-order valence-corrected chi connectivity index (χ0v) is 11.1. The third-order valence-electron chi connectivity index (χ3n) is 3.20. The lowest BCUT2D eigenvalue weighted by Crippen LogP contribution is -2.26. The Morgan fingerprint density at radius 1 is 0.857 bits per heavy atom. The quantitative estimate of drug-likeness (QED) is 0.456. The first kappa shape index (κ1) is 12.9. The summed E-state index contributed by atoms with van der Waals surface area (Å²) < 4.78 is 0. The predicted octanol–water partition coefficient (Wildman–Crippen LogP) is 1.12. The van der Waals surface area contributed by atoms with Crippen LogP contribution in [0.3, 0.4) is 0 Å². The first-order valence-corrected chi connectivity index (χ1v) is 6.28. The van der Waals surface area contributed by atoms with Gasteiger partial charge in [0.25, 0.3) is 0 Å². The molecule has 6 N–H and O–H groups in total. The standard InChI is InChI=1S/C15H13N5O/c16-14(17)20-15(18)19-8-5-6-10-9-3-1-2-4-11(9)13(21)12(10)7-8/h1-7H,(H6,16,17,18,19,20). The van der Waals surface area contributed by atoms with Crippen molar-refractivity contribution in [3.63, 3.8) is 0 Å². The number of fused-ring (bicyclic) bond motifs is 3. The lowest BCUT2D eigenvalue weighted by molar-refractivity contribution is 0.104. The summed E-state index contributed by atoms with van der Waals surface area (Å²) in [6, 6.07) is 12.8. The molecule has 0 atom stereocenters. The topological polar surface area (TPSA) is 120 Å². The molecule has 0 unspecified atom stereocenters. The number of benzene rings is 2. The fraction of sp³-hybridized carbons (Fsp3) is 0. The van der Waals surface area contributed by atoms with Crippen molar-refractivity contribution in [3.05, 3.63) is 53.6 Å². The highest BCUT2D eigenvalue weighted by Crippen LogP contribution is 2.37. The molecule has 0 amide bonds. The minimum Gasteiger partial charge on any atom is -0.370 e. The van der Waals surface area contributed by atoms with Crippen molar-refractivity contribution in [2.45, 2.75) is 0 Å². The van der Waals surface area contributed by atoms with Crippen molar-refractivity contribution >= 4 is 23.4 Å². The molecule has 6 heteroatoms. The van der Waals surface area contributed by atoms with Gasteiger partial charge in [-0.25, -0.2) is 4.99 Å². The van der Waals surface area contributed by atoms with Crippen molar-refractivity contribution < 1.29 is 4.79 Å². The van der Waals surface area contributed by atoms with Crippen LogP contribution in [0.4, 0.5) is 5.69 Å². The second kappa shape index (κ2) is 4.75. The van der Waals surface area contributed by atoms with E-state index < -0.39 is 0 Å². The molecule has 3 rings (SSSR count). The van der Waals surface area contributed by atoms with E-state index in [-0.39, 0.29) is 17.7 Å². The van der Waals surface area contributed by atoms with Crippen LogP contribution in [-0.4, -0.2) is 17.7 Å². The lowest BCUT2D eigenvalue weighted by atomic mass is 10.1. The summed E-state index contributed by atoms with van der Waals surface area (Å²) in [6.45, 7) is 0. The van der Waals surface area contributed by atoms with Crippen LogP contribution in [0.25, 0.3) is 11.1 Å². The van der Waals surface area contributed by atoms with Gasteiger partial charge in [-0.3, -0.25) is 4.79 Å². The van der Waals surface area contributed by atoms with Crippen LogP contribution in [0.1, 0.15) is 15.9 Å². The second-order valence-electron chi connectivity index (χ2n) is 4.61. The smallest absolute Gasteiger partial charge is 0.223 e. The molecule has 0 radical (unpaired) electrons. The molecular weight excluding hydrogens is 266 g/mol. The van der Waals surface area contributed by atoms with Gasteiger partial charge in [-0.1, -0.05) is 30.3 Å². The summed E-state index contributed by atoms with van der Waals surface area (Å²) in [4.78, 5) is 20.1. The lowest BCUT2D eigenvalue weighted by Gasteiger charge is -2.01. The van der Waals surface area contributed by atoms with Gasteiger partial charge in [-0.05, 0) is 23.3 Å². The van der Waals surface area contributed by atoms with E-state index in [4.69, 9.17) is 17.2 Å². The van der Waals surface area contributed by atoms with Crippen molar-refractivity contribution in [1.29, 1.82) is 0 Å². The normalized spacial score (nSPS) is 12.8. The highest BCUT2D eigenvalue weighted by molar-refractivity contribution is 6.22. The van der Waals surface area contributed by atoms with Crippen LogP contribution < -0.4 is 17.2 Å². The molecule has 0 bridgehead atoms. The zero-order chi connectivity index (χ0) is 15.0. The van der Waals surface area contributed by atoms with E-state index in [1.807, 2.05) is 30.3 Å². The van der Waals surface area contributed by atoms with Crippen molar-refractivity contribution in [2.24, 2.45) is 27.2 Å². The van der Waals surface area contributed by atoms with Gasteiger partial charge in [0.1, 0.15) is 0 Å². The fourth-order valence-electron chi connectivity index (χ4n) is 2.38. The Kier molecular flexibility index (Phi) is 2.91. The summed E-state index contributed by atoms with van der Waals surface area (Å²) in [7, 11) is 0. The molecule has 0 aromatic heterocycles. The summed E-state index contributed by atoms with van der Waals surface area (Å²) in [6.07, 6.45) is 0. The molecule has 21 heavy (non-hydrogen) atoms. The maximum atomic E-state index is 12.4. The number of hydrogen-bond donors (Lipinski definition) is 3. The van der Waals surface area contributed by atoms with Crippen LogP contribution in [0.5, 0.6) is 0 Å². The van der Waals surface area contributed by atoms with E-state index in [2.05, 4.69) is 9.98 Å². The van der Waals surface area contributed by atoms with E-state index in [0.29, 0.717) is 16.8 Å². The molecule has 0 saturated carbocycles. The van der Waals surface area contributed by atoms with Crippen LogP contribution in [0.15, 0.2) is 52.4 Å². The van der Waals surface area contributed by atoms with Gasteiger partial charge >= 0.3 is 0 Å². The third-order valence-corrected chi connectivity index (χ3v) is 3.20. The molecule has 0 fully saturated rings. The molecule has 2 aromatic rings. The van der Waals surface area contributed by atoms with E-state index >= 15 is 0 Å². The summed E-state index contributed by atoms with van der Waals surface area (Å²) in [5, 5.41) is 0. The largest absolute Gasteiger partial charge is 0.370 e. The molecular formula is C15H13N5O. The van der Waals surface area contributed by atoms with Crippen molar-refractivity contribution in [1.82, 2.24) is 0 Å². The van der Waals surface area contributed by atoms with Gasteiger partial charge < -0.3 is 17.2 Å². The minimum atomic E-state index is -0.166. The number of ketones is 1. The number of aliphatic imine (C=N–C) groups is 2. The molecule has 6 nitrogen and oxygen atoms in total. The highest BCUT2D eigenvalue weighted by Gasteiger charge is 2.26. The van der Waals surface area contributed by atoms with E-state index in [0.717, 1.165) is 11.1 Å². The average molecular weight is 279 g/mol. The third kappa shape index (κ3) is 2.23. The Morgan fingerprint density at radius 3 is 2.24 bits per heavy atom. The van der Waals surface area contributed by atoms with E-state index in [1.165, 1.54) is 0 Å².